The van der Waals surface area contributed by atoms with E-state index in [1.165, 1.54) is 17.7 Å². The van der Waals surface area contributed by atoms with Gasteiger partial charge in [0.2, 0.25) is 0 Å². The van der Waals surface area contributed by atoms with Gasteiger partial charge in [-0.05, 0) is 42.8 Å². The molecule has 0 fully saturated rings. The second-order valence-corrected chi connectivity index (χ2v) is 5.06. The van der Waals surface area contributed by atoms with Crippen LogP contribution in [0.3, 0.4) is 0 Å². The number of para-hydroxylation sites is 1. The zero-order valence-corrected chi connectivity index (χ0v) is 11.9. The first kappa shape index (κ1) is 14.5. The molecule has 0 radical (unpaired) electrons. The van der Waals surface area contributed by atoms with Gasteiger partial charge in [0, 0.05) is 23.5 Å². The fourth-order valence-electron chi connectivity index (χ4n) is 2.55. The average molecular weight is 305 g/mol. The van der Waals surface area contributed by atoms with Crippen LogP contribution in [0.15, 0.2) is 54.6 Å². The Hall–Kier alpha value is -2.43. The highest BCUT2D eigenvalue weighted by Gasteiger charge is 2.31. The number of halogens is 3. The Balaban J connectivity index is 1.89. The summed E-state index contributed by atoms with van der Waals surface area (Å²) in [4.78, 5) is 2.06. The summed E-state index contributed by atoms with van der Waals surface area (Å²) in [6.07, 6.45) is -2.57. The predicted molar refractivity (Wildman–Crippen MR) is 80.2 cm³/mol. The zero-order valence-electron chi connectivity index (χ0n) is 11.9. The third-order valence-electron chi connectivity index (χ3n) is 3.58. The van der Waals surface area contributed by atoms with Gasteiger partial charge in [0.25, 0.3) is 0 Å². The third-order valence-corrected chi connectivity index (χ3v) is 3.58. The van der Waals surface area contributed by atoms with Gasteiger partial charge in [-0.2, -0.15) is 0 Å². The first-order valence-corrected chi connectivity index (χ1v) is 6.83. The van der Waals surface area contributed by atoms with Crippen LogP contribution in [0, 0.1) is 0 Å². The molecule has 0 saturated heterocycles. The maximum Gasteiger partial charge on any atom is 0.573 e. The quantitative estimate of drug-likeness (QED) is 0.761. The number of hydrogen-bond acceptors (Lipinski definition) is 2. The van der Waals surface area contributed by atoms with Gasteiger partial charge >= 0.3 is 6.36 Å². The lowest BCUT2D eigenvalue weighted by atomic mass is 10.00. The maximum absolute atomic E-state index is 12.2. The molecule has 2 aromatic rings. The number of hydrogen-bond donors (Lipinski definition) is 0. The normalized spacial score (nSPS) is 14.4. The van der Waals surface area contributed by atoms with Gasteiger partial charge in [-0.3, -0.25) is 0 Å². The summed E-state index contributed by atoms with van der Waals surface area (Å²) < 4.78 is 40.5. The van der Waals surface area contributed by atoms with Gasteiger partial charge in [0.05, 0.1) is 0 Å². The second kappa shape index (κ2) is 5.40. The van der Waals surface area contributed by atoms with Crippen LogP contribution in [0.25, 0.3) is 5.57 Å². The maximum atomic E-state index is 12.2. The Morgan fingerprint density at radius 1 is 1.00 bits per heavy atom. The lowest BCUT2D eigenvalue weighted by molar-refractivity contribution is -0.274. The summed E-state index contributed by atoms with van der Waals surface area (Å²) in [5.41, 5.74) is 4.20. The molecule has 0 unspecified atom stereocenters. The van der Waals surface area contributed by atoms with Gasteiger partial charge < -0.3 is 9.64 Å². The molecule has 2 nitrogen and oxygen atoms in total. The third kappa shape index (κ3) is 2.93. The lowest BCUT2D eigenvalue weighted by Crippen LogP contribution is -2.21. The minimum atomic E-state index is -4.67. The summed E-state index contributed by atoms with van der Waals surface area (Å²) in [6.45, 7) is 2.73. The van der Waals surface area contributed by atoms with E-state index >= 15 is 0 Å². The molecule has 22 heavy (non-hydrogen) atoms. The van der Waals surface area contributed by atoms with E-state index in [9.17, 15) is 13.2 Å². The highest BCUT2D eigenvalue weighted by molar-refractivity contribution is 5.83. The molecule has 1 aliphatic rings. The smallest absolute Gasteiger partial charge is 0.406 e. The summed E-state index contributed by atoms with van der Waals surface area (Å²) in [5.74, 6) is -0.215. The fourth-order valence-corrected chi connectivity index (χ4v) is 2.55. The van der Waals surface area contributed by atoms with E-state index in [0.29, 0.717) is 6.54 Å². The van der Waals surface area contributed by atoms with E-state index in [1.807, 2.05) is 24.3 Å². The number of fused-ring (bicyclic) bond motifs is 1. The number of nitrogens with zero attached hydrogens (tertiary/aromatic N) is 1. The Morgan fingerprint density at radius 2 is 1.68 bits per heavy atom. The number of anilines is 2. The number of rotatable bonds is 2. The summed E-state index contributed by atoms with van der Waals surface area (Å²) in [5, 5.41) is 0. The number of allylic oxidation sites excluding steroid dienone is 1. The van der Waals surface area contributed by atoms with Crippen LogP contribution in [0.5, 0.6) is 5.75 Å². The van der Waals surface area contributed by atoms with Crippen molar-refractivity contribution in [3.05, 3.63) is 60.2 Å². The molecule has 2 aromatic carbocycles. The van der Waals surface area contributed by atoms with Crippen molar-refractivity contribution in [3.8, 4) is 5.75 Å². The van der Waals surface area contributed by atoms with Crippen LogP contribution < -0.4 is 9.64 Å². The number of ether oxygens (including phenoxy) is 1. The molecule has 0 amide bonds. The van der Waals surface area contributed by atoms with Crippen LogP contribution in [0.1, 0.15) is 12.5 Å². The first-order chi connectivity index (χ1) is 10.4. The average Bonchev–Trinajstić information content (AvgIpc) is 2.48. The summed E-state index contributed by atoms with van der Waals surface area (Å²) in [7, 11) is 0. The topological polar surface area (TPSA) is 12.5 Å². The summed E-state index contributed by atoms with van der Waals surface area (Å²) in [6, 6.07) is 13.9. The van der Waals surface area contributed by atoms with E-state index in [1.54, 1.807) is 12.1 Å². The molecule has 0 aliphatic carbocycles. The lowest BCUT2D eigenvalue weighted by Gasteiger charge is -2.30. The Morgan fingerprint density at radius 3 is 2.36 bits per heavy atom. The van der Waals surface area contributed by atoms with Crippen molar-refractivity contribution in [3.63, 3.8) is 0 Å². The van der Waals surface area contributed by atoms with Crippen LogP contribution in [-0.4, -0.2) is 12.9 Å². The largest absolute Gasteiger partial charge is 0.573 e. The standard InChI is InChI=1S/C17H14F3NO/c1-12-10-11-21(16-5-3-2-4-15(12)16)13-6-8-14(9-7-13)22-17(18,19)20/h2-10H,11H2,1H3. The second-order valence-electron chi connectivity index (χ2n) is 5.06. The number of alkyl halides is 3. The minimum absolute atomic E-state index is 0.215. The van der Waals surface area contributed by atoms with Crippen molar-refractivity contribution in [2.45, 2.75) is 13.3 Å². The van der Waals surface area contributed by atoms with Gasteiger partial charge in [-0.25, -0.2) is 0 Å². The minimum Gasteiger partial charge on any atom is -0.406 e. The predicted octanol–water partition coefficient (Wildman–Crippen LogP) is 5.14. The van der Waals surface area contributed by atoms with Crippen molar-refractivity contribution in [2.75, 3.05) is 11.4 Å². The highest BCUT2D eigenvalue weighted by atomic mass is 19.4. The molecule has 1 heterocycles. The molecule has 1 aliphatic heterocycles. The van der Waals surface area contributed by atoms with E-state index in [4.69, 9.17) is 0 Å². The fraction of sp³-hybridized carbons (Fsp3) is 0.176. The molecule has 5 heteroatoms. The van der Waals surface area contributed by atoms with Crippen molar-refractivity contribution in [1.29, 1.82) is 0 Å². The molecule has 0 atom stereocenters. The van der Waals surface area contributed by atoms with Crippen LogP contribution in [0.4, 0.5) is 24.5 Å². The molecule has 114 valence electrons. The number of benzene rings is 2. The van der Waals surface area contributed by atoms with Crippen molar-refractivity contribution in [2.24, 2.45) is 0 Å². The highest BCUT2D eigenvalue weighted by Crippen LogP contribution is 2.36. The van der Waals surface area contributed by atoms with Gasteiger partial charge in [-0.1, -0.05) is 24.3 Å². The van der Waals surface area contributed by atoms with Gasteiger partial charge in [0.15, 0.2) is 0 Å². The van der Waals surface area contributed by atoms with Crippen molar-refractivity contribution in [1.82, 2.24) is 0 Å². The summed E-state index contributed by atoms with van der Waals surface area (Å²) >= 11 is 0. The van der Waals surface area contributed by atoms with E-state index in [-0.39, 0.29) is 5.75 Å². The van der Waals surface area contributed by atoms with Gasteiger partial charge in [0.1, 0.15) is 5.75 Å². The Kier molecular flexibility index (Phi) is 3.56. The van der Waals surface area contributed by atoms with E-state index in [2.05, 4.69) is 22.6 Å². The van der Waals surface area contributed by atoms with Crippen LogP contribution >= 0.6 is 0 Å². The Bertz CT molecular complexity index is 705. The van der Waals surface area contributed by atoms with E-state index in [0.717, 1.165) is 16.9 Å². The molecule has 3 rings (SSSR count). The molecular weight excluding hydrogens is 291 g/mol. The van der Waals surface area contributed by atoms with E-state index < -0.39 is 6.36 Å². The first-order valence-electron chi connectivity index (χ1n) is 6.83. The van der Waals surface area contributed by atoms with Crippen LogP contribution in [0.2, 0.25) is 0 Å². The zero-order chi connectivity index (χ0) is 15.7. The van der Waals surface area contributed by atoms with Gasteiger partial charge in [-0.15, -0.1) is 13.2 Å². The molecule has 0 aromatic heterocycles. The molecule has 0 bridgehead atoms. The van der Waals surface area contributed by atoms with Crippen LogP contribution in [-0.2, 0) is 0 Å². The molecule has 0 N–H and O–H groups in total. The van der Waals surface area contributed by atoms with Crippen molar-refractivity contribution < 1.29 is 17.9 Å². The molecule has 0 spiro atoms. The Labute approximate surface area is 126 Å². The SMILES string of the molecule is CC1=CCN(c2ccc(OC(F)(F)F)cc2)c2ccccc21. The molecular formula is C17H14F3NO. The monoisotopic (exact) mass is 305 g/mol. The van der Waals surface area contributed by atoms with Crippen molar-refractivity contribution >= 4 is 16.9 Å². The molecule has 0 saturated carbocycles.